The molecule has 0 heterocycles. The van der Waals surface area contributed by atoms with Gasteiger partial charge in [-0.05, 0) is 19.1 Å². The van der Waals surface area contributed by atoms with Crippen molar-refractivity contribution in [3.63, 3.8) is 0 Å². The molecule has 0 aliphatic rings. The van der Waals surface area contributed by atoms with Crippen molar-refractivity contribution in [2.45, 2.75) is 13.0 Å². The molecule has 0 aromatic heterocycles. The van der Waals surface area contributed by atoms with E-state index in [1.165, 1.54) is 19.1 Å². The highest BCUT2D eigenvalue weighted by molar-refractivity contribution is 5.76. The quantitative estimate of drug-likeness (QED) is 0.595. The summed E-state index contributed by atoms with van der Waals surface area (Å²) in [5.74, 6) is -1.24. The Bertz CT molecular complexity index is 366. The van der Waals surface area contributed by atoms with Crippen LogP contribution in [0.5, 0.6) is 0 Å². The van der Waals surface area contributed by atoms with Gasteiger partial charge in [-0.15, -0.1) is 0 Å². The van der Waals surface area contributed by atoms with Crippen molar-refractivity contribution < 1.29 is 14.9 Å². The molecule has 0 aliphatic heterocycles. The summed E-state index contributed by atoms with van der Waals surface area (Å²) < 4.78 is 0. The molecular formula is C9H10N2O4. The van der Waals surface area contributed by atoms with Crippen LogP contribution in [0.2, 0.25) is 0 Å². The van der Waals surface area contributed by atoms with Gasteiger partial charge in [0.15, 0.2) is 11.1 Å². The fourth-order valence-electron chi connectivity index (χ4n) is 1.14. The molecule has 1 rings (SSSR count). The van der Waals surface area contributed by atoms with E-state index in [0.29, 0.717) is 5.01 Å². The maximum Gasteiger partial charge on any atom is 0.332 e. The predicted molar refractivity (Wildman–Crippen MR) is 53.0 cm³/mol. The fourth-order valence-corrected chi connectivity index (χ4v) is 1.14. The molecular weight excluding hydrogens is 200 g/mol. The topological polar surface area (TPSA) is 83.7 Å². The molecule has 1 atom stereocenters. The number of hydrogen-bond donors (Lipinski definition) is 1. The number of benzene rings is 1. The summed E-state index contributed by atoms with van der Waals surface area (Å²) in [7, 11) is 0. The molecule has 1 aromatic rings. The van der Waals surface area contributed by atoms with Crippen molar-refractivity contribution in [1.29, 1.82) is 0 Å². The highest BCUT2D eigenvalue weighted by atomic mass is 16.7. The number of aliphatic carboxylic acids is 1. The van der Waals surface area contributed by atoms with E-state index in [2.05, 4.69) is 0 Å². The number of anilines is 1. The zero-order valence-electron chi connectivity index (χ0n) is 8.03. The summed E-state index contributed by atoms with van der Waals surface area (Å²) in [5.41, 5.74) is 0.248. The van der Waals surface area contributed by atoms with E-state index in [9.17, 15) is 14.9 Å². The fraction of sp³-hybridized carbons (Fsp3) is 0.222. The first-order valence-electron chi connectivity index (χ1n) is 4.25. The minimum absolute atomic E-state index is 0.248. The lowest BCUT2D eigenvalue weighted by Crippen LogP contribution is -2.43. The first kappa shape index (κ1) is 11.0. The summed E-state index contributed by atoms with van der Waals surface area (Å²) >= 11 is 0. The zero-order chi connectivity index (χ0) is 11.4. The number of rotatable bonds is 4. The SMILES string of the molecule is C[C@H](C(=O)O)N(c1ccccc1)[N+](=O)[O-]. The minimum atomic E-state index is -1.24. The number of carboxylic acid groups (broad SMARTS) is 1. The van der Waals surface area contributed by atoms with Crippen LogP contribution in [0.3, 0.4) is 0 Å². The van der Waals surface area contributed by atoms with Gasteiger partial charge in [0, 0.05) is 0 Å². The predicted octanol–water partition coefficient (Wildman–Crippen LogP) is 1.16. The Kier molecular flexibility index (Phi) is 3.22. The van der Waals surface area contributed by atoms with Crippen LogP contribution in [0.4, 0.5) is 5.69 Å². The van der Waals surface area contributed by atoms with E-state index in [1.54, 1.807) is 18.2 Å². The third kappa shape index (κ3) is 2.43. The summed E-state index contributed by atoms with van der Waals surface area (Å²) in [4.78, 5) is 21.4. The molecule has 0 amide bonds. The van der Waals surface area contributed by atoms with Crippen molar-refractivity contribution >= 4 is 11.7 Å². The first-order valence-corrected chi connectivity index (χ1v) is 4.25. The highest BCUT2D eigenvalue weighted by Crippen LogP contribution is 2.16. The molecule has 0 saturated heterocycles. The van der Waals surface area contributed by atoms with Crippen molar-refractivity contribution in [3.8, 4) is 0 Å². The molecule has 0 fully saturated rings. The lowest BCUT2D eigenvalue weighted by molar-refractivity contribution is -0.498. The molecule has 0 unspecified atom stereocenters. The standard InChI is InChI=1S/C9H10N2O4/c1-7(9(12)13)10(11(14)15)8-5-3-2-4-6-8/h2-7H,1H3,(H,12,13)/t7-/m1/s1. The average molecular weight is 210 g/mol. The Morgan fingerprint density at radius 3 is 2.40 bits per heavy atom. The number of para-hydroxylation sites is 1. The van der Waals surface area contributed by atoms with Crippen LogP contribution < -0.4 is 5.01 Å². The Labute approximate surface area is 85.9 Å². The monoisotopic (exact) mass is 210 g/mol. The number of hydrazine groups is 1. The molecule has 1 N–H and O–H groups in total. The number of carbonyl (C=O) groups is 1. The first-order chi connectivity index (χ1) is 7.04. The average Bonchev–Trinajstić information content (AvgIpc) is 2.18. The smallest absolute Gasteiger partial charge is 0.332 e. The molecule has 6 heteroatoms. The lowest BCUT2D eigenvalue weighted by atomic mass is 10.2. The Hall–Kier alpha value is -2.11. The van der Waals surface area contributed by atoms with Crippen molar-refractivity contribution in [2.75, 3.05) is 5.01 Å². The number of hydrogen-bond acceptors (Lipinski definition) is 3. The molecule has 0 spiro atoms. The highest BCUT2D eigenvalue weighted by Gasteiger charge is 2.30. The second-order valence-electron chi connectivity index (χ2n) is 2.93. The maximum absolute atomic E-state index is 10.7. The molecule has 1 aromatic carbocycles. The second kappa shape index (κ2) is 4.41. The molecule has 6 nitrogen and oxygen atoms in total. The van der Waals surface area contributed by atoms with E-state index in [-0.39, 0.29) is 5.69 Å². The largest absolute Gasteiger partial charge is 0.480 e. The molecule has 0 radical (unpaired) electrons. The van der Waals surface area contributed by atoms with Crippen LogP contribution in [0.25, 0.3) is 0 Å². The van der Waals surface area contributed by atoms with Crippen molar-refractivity contribution in [1.82, 2.24) is 0 Å². The molecule has 0 bridgehead atoms. The normalized spacial score (nSPS) is 11.8. The van der Waals surface area contributed by atoms with Crippen molar-refractivity contribution in [2.24, 2.45) is 0 Å². The van der Waals surface area contributed by atoms with Gasteiger partial charge in [0.05, 0.1) is 0 Å². The Morgan fingerprint density at radius 1 is 1.47 bits per heavy atom. The van der Waals surface area contributed by atoms with E-state index in [0.717, 1.165) is 0 Å². The van der Waals surface area contributed by atoms with Gasteiger partial charge in [0.25, 0.3) is 0 Å². The van der Waals surface area contributed by atoms with Gasteiger partial charge in [0.2, 0.25) is 0 Å². The molecule has 0 saturated carbocycles. The van der Waals surface area contributed by atoms with Crippen LogP contribution in [0.1, 0.15) is 6.92 Å². The molecule has 80 valence electrons. The number of nitro groups is 1. The second-order valence-corrected chi connectivity index (χ2v) is 2.93. The van der Waals surface area contributed by atoms with Crippen LogP contribution in [0.15, 0.2) is 30.3 Å². The maximum atomic E-state index is 10.7. The minimum Gasteiger partial charge on any atom is -0.480 e. The molecule has 0 aliphatic carbocycles. The van der Waals surface area contributed by atoms with Gasteiger partial charge in [-0.25, -0.2) is 14.9 Å². The van der Waals surface area contributed by atoms with Crippen LogP contribution >= 0.6 is 0 Å². The van der Waals surface area contributed by atoms with Gasteiger partial charge in [-0.1, -0.05) is 23.2 Å². The lowest BCUT2D eigenvalue weighted by Gasteiger charge is -2.17. The van der Waals surface area contributed by atoms with Gasteiger partial charge < -0.3 is 5.11 Å². The van der Waals surface area contributed by atoms with Gasteiger partial charge in [-0.3, -0.25) is 0 Å². The number of nitrogens with zero attached hydrogens (tertiary/aromatic N) is 2. The van der Waals surface area contributed by atoms with Crippen LogP contribution in [-0.2, 0) is 4.79 Å². The summed E-state index contributed by atoms with van der Waals surface area (Å²) in [5, 5.41) is 19.3. The summed E-state index contributed by atoms with van der Waals surface area (Å²) in [6.07, 6.45) is 0. The van der Waals surface area contributed by atoms with Gasteiger partial charge >= 0.3 is 5.97 Å². The zero-order valence-corrected chi connectivity index (χ0v) is 8.03. The number of carboxylic acids is 1. The Morgan fingerprint density at radius 2 is 2.00 bits per heavy atom. The summed E-state index contributed by atoms with van der Waals surface area (Å²) in [6.45, 7) is 1.26. The van der Waals surface area contributed by atoms with E-state index < -0.39 is 17.0 Å². The Balaban J connectivity index is 3.04. The van der Waals surface area contributed by atoms with Gasteiger partial charge in [0.1, 0.15) is 5.69 Å². The van der Waals surface area contributed by atoms with E-state index >= 15 is 0 Å². The van der Waals surface area contributed by atoms with Crippen LogP contribution in [0, 0.1) is 10.1 Å². The third-order valence-corrected chi connectivity index (χ3v) is 1.92. The van der Waals surface area contributed by atoms with E-state index in [1.807, 2.05) is 0 Å². The van der Waals surface area contributed by atoms with Crippen molar-refractivity contribution in [3.05, 3.63) is 40.4 Å². The van der Waals surface area contributed by atoms with Gasteiger partial charge in [-0.2, -0.15) is 0 Å². The molecule has 15 heavy (non-hydrogen) atoms. The van der Waals surface area contributed by atoms with E-state index in [4.69, 9.17) is 5.11 Å². The third-order valence-electron chi connectivity index (χ3n) is 1.92. The van der Waals surface area contributed by atoms with Crippen LogP contribution in [-0.4, -0.2) is 22.1 Å². The summed E-state index contributed by atoms with van der Waals surface area (Å²) in [6, 6.07) is 6.70.